The Balaban J connectivity index is 1.42. The molecule has 1 atom stereocenters. The van der Waals surface area contributed by atoms with Crippen LogP contribution >= 0.6 is 11.3 Å². The molecule has 1 amide bonds. The second-order valence-electron chi connectivity index (χ2n) is 9.34. The molecule has 5 aromatic rings. The molecule has 0 aliphatic carbocycles. The summed E-state index contributed by atoms with van der Waals surface area (Å²) in [5.74, 6) is -0.324. The molecule has 0 spiro atoms. The summed E-state index contributed by atoms with van der Waals surface area (Å²) in [6.45, 7) is 2.38. The largest absolute Gasteiger partial charge is 0.375 e. The van der Waals surface area contributed by atoms with Crippen molar-refractivity contribution in [3.05, 3.63) is 83.6 Å². The van der Waals surface area contributed by atoms with Crippen molar-refractivity contribution >= 4 is 38.4 Å². The van der Waals surface area contributed by atoms with Crippen LogP contribution in [0.15, 0.2) is 77.4 Å². The standard InChI is InChI=1S/C27H23N5O4S2/c1-17-6-8-20(9-7-17)38(35,36)32-15-21(23-24(32)29-12-11-28-23)25-30-22(16-37-25)18-4-3-5-19(14-18)27(34)10-13-31(2)26(27)33/h3-9,11-12,14-16,34H,10,13H2,1-2H3/t27-/m0/s1. The number of amides is 1. The molecular formula is C27H23N5O4S2. The van der Waals surface area contributed by atoms with Crippen LogP contribution in [0, 0.1) is 6.92 Å². The van der Waals surface area contributed by atoms with E-state index >= 15 is 0 Å². The highest BCUT2D eigenvalue weighted by molar-refractivity contribution is 7.90. The van der Waals surface area contributed by atoms with Gasteiger partial charge in [0.25, 0.3) is 15.9 Å². The molecule has 2 aromatic carbocycles. The predicted molar refractivity (Wildman–Crippen MR) is 144 cm³/mol. The van der Waals surface area contributed by atoms with Gasteiger partial charge in [-0.25, -0.2) is 22.4 Å². The minimum atomic E-state index is -3.92. The van der Waals surface area contributed by atoms with Gasteiger partial charge in [0.15, 0.2) is 11.2 Å². The molecule has 4 heterocycles. The van der Waals surface area contributed by atoms with Crippen LogP contribution in [0.3, 0.4) is 0 Å². The van der Waals surface area contributed by atoms with E-state index in [9.17, 15) is 18.3 Å². The zero-order chi connectivity index (χ0) is 26.7. The quantitative estimate of drug-likeness (QED) is 0.357. The lowest BCUT2D eigenvalue weighted by molar-refractivity contribution is -0.143. The number of carbonyl (C=O) groups excluding carboxylic acids is 1. The maximum Gasteiger partial charge on any atom is 0.269 e. The molecule has 1 aliphatic rings. The molecule has 1 aliphatic heterocycles. The lowest BCUT2D eigenvalue weighted by Crippen LogP contribution is -2.36. The number of hydrogen-bond donors (Lipinski definition) is 1. The molecule has 1 saturated heterocycles. The molecule has 0 unspecified atom stereocenters. The highest BCUT2D eigenvalue weighted by atomic mass is 32.2. The first-order valence-corrected chi connectivity index (χ1v) is 14.2. The van der Waals surface area contributed by atoms with Gasteiger partial charge in [-0.05, 0) is 30.7 Å². The van der Waals surface area contributed by atoms with E-state index in [1.54, 1.807) is 49.5 Å². The van der Waals surface area contributed by atoms with Crippen LogP contribution in [0.4, 0.5) is 0 Å². The molecule has 38 heavy (non-hydrogen) atoms. The summed E-state index contributed by atoms with van der Waals surface area (Å²) in [6.07, 6.45) is 4.80. The highest BCUT2D eigenvalue weighted by Gasteiger charge is 2.45. The maximum absolute atomic E-state index is 13.5. The molecule has 1 fully saturated rings. The van der Waals surface area contributed by atoms with E-state index in [0.29, 0.717) is 40.3 Å². The number of fused-ring (bicyclic) bond motifs is 1. The fourth-order valence-electron chi connectivity index (χ4n) is 4.67. The Morgan fingerprint density at radius 2 is 1.84 bits per heavy atom. The second-order valence-corrected chi connectivity index (χ2v) is 12.0. The normalized spacial score (nSPS) is 18.0. The van der Waals surface area contributed by atoms with Crippen LogP contribution < -0.4 is 0 Å². The van der Waals surface area contributed by atoms with Crippen molar-refractivity contribution < 1.29 is 18.3 Å². The Morgan fingerprint density at radius 3 is 2.58 bits per heavy atom. The number of rotatable bonds is 5. The van der Waals surface area contributed by atoms with Gasteiger partial charge in [0.2, 0.25) is 0 Å². The zero-order valence-electron chi connectivity index (χ0n) is 20.6. The number of likely N-dealkylation sites (tertiary alicyclic amines) is 1. The first-order valence-electron chi connectivity index (χ1n) is 11.9. The third-order valence-electron chi connectivity index (χ3n) is 6.85. The average molecular weight is 546 g/mol. The number of aromatic nitrogens is 4. The number of benzene rings is 2. The van der Waals surface area contributed by atoms with Crippen LogP contribution in [0.25, 0.3) is 33.0 Å². The Kier molecular flexibility index (Phi) is 5.67. The number of hydrogen-bond acceptors (Lipinski definition) is 8. The van der Waals surface area contributed by atoms with Crippen molar-refractivity contribution in [1.82, 2.24) is 23.8 Å². The Morgan fingerprint density at radius 1 is 1.08 bits per heavy atom. The van der Waals surface area contributed by atoms with Gasteiger partial charge in [0, 0.05) is 49.5 Å². The summed E-state index contributed by atoms with van der Waals surface area (Å²) in [7, 11) is -2.24. The number of aliphatic hydroxyl groups is 1. The van der Waals surface area contributed by atoms with Gasteiger partial charge in [-0.15, -0.1) is 11.3 Å². The van der Waals surface area contributed by atoms with Crippen LogP contribution in [0.1, 0.15) is 17.5 Å². The van der Waals surface area contributed by atoms with Gasteiger partial charge in [-0.1, -0.05) is 35.9 Å². The molecule has 192 valence electrons. The first kappa shape index (κ1) is 24.4. The molecule has 6 rings (SSSR count). The van der Waals surface area contributed by atoms with Crippen LogP contribution in [-0.4, -0.2) is 56.8 Å². The molecule has 1 N–H and O–H groups in total. The second kappa shape index (κ2) is 8.83. The number of likely N-dealkylation sites (N-methyl/N-ethyl adjacent to an activating group) is 1. The lowest BCUT2D eigenvalue weighted by atomic mass is 9.90. The SMILES string of the molecule is Cc1ccc(S(=O)(=O)n2cc(-c3nc(-c4cccc([C@@]5(O)CCN(C)C5=O)c4)cs3)c3nccnc32)cc1. The summed E-state index contributed by atoms with van der Waals surface area (Å²) < 4.78 is 28.1. The van der Waals surface area contributed by atoms with Gasteiger partial charge < -0.3 is 10.0 Å². The maximum atomic E-state index is 13.5. The van der Waals surface area contributed by atoms with Crippen molar-refractivity contribution in [3.8, 4) is 21.8 Å². The van der Waals surface area contributed by atoms with Crippen LogP contribution in [-0.2, 0) is 20.4 Å². The Hall–Kier alpha value is -3.93. The Bertz CT molecular complexity index is 1810. The van der Waals surface area contributed by atoms with E-state index in [-0.39, 0.29) is 16.4 Å². The van der Waals surface area contributed by atoms with Crippen molar-refractivity contribution in [3.63, 3.8) is 0 Å². The number of aryl methyl sites for hydroxylation is 1. The number of carbonyl (C=O) groups is 1. The lowest BCUT2D eigenvalue weighted by Gasteiger charge is -2.21. The van der Waals surface area contributed by atoms with E-state index in [4.69, 9.17) is 4.98 Å². The summed E-state index contributed by atoms with van der Waals surface area (Å²) >= 11 is 1.35. The topological polar surface area (TPSA) is 118 Å². The average Bonchev–Trinajstić information content (AvgIpc) is 3.63. The van der Waals surface area contributed by atoms with Crippen molar-refractivity contribution in [1.29, 1.82) is 0 Å². The monoisotopic (exact) mass is 545 g/mol. The third-order valence-corrected chi connectivity index (χ3v) is 9.39. The fraction of sp³-hybridized carbons (Fsp3) is 0.185. The van der Waals surface area contributed by atoms with Gasteiger partial charge in [0.05, 0.1) is 16.2 Å². The van der Waals surface area contributed by atoms with E-state index in [1.807, 2.05) is 18.4 Å². The highest BCUT2D eigenvalue weighted by Crippen LogP contribution is 2.37. The van der Waals surface area contributed by atoms with Crippen molar-refractivity contribution in [2.24, 2.45) is 0 Å². The van der Waals surface area contributed by atoms with Crippen molar-refractivity contribution in [2.75, 3.05) is 13.6 Å². The van der Waals surface area contributed by atoms with E-state index in [1.165, 1.54) is 34.8 Å². The smallest absolute Gasteiger partial charge is 0.269 e. The van der Waals surface area contributed by atoms with Gasteiger partial charge in [0.1, 0.15) is 10.5 Å². The molecule has 3 aromatic heterocycles. The fourth-order valence-corrected chi connectivity index (χ4v) is 6.82. The Labute approximate surface area is 223 Å². The van der Waals surface area contributed by atoms with Crippen molar-refractivity contribution in [2.45, 2.75) is 23.8 Å². The van der Waals surface area contributed by atoms with E-state index in [2.05, 4.69) is 9.97 Å². The summed E-state index contributed by atoms with van der Waals surface area (Å²) in [4.78, 5) is 27.8. The molecule has 0 saturated carbocycles. The van der Waals surface area contributed by atoms with Gasteiger partial charge in [-0.2, -0.15) is 0 Å². The molecule has 0 radical (unpaired) electrons. The van der Waals surface area contributed by atoms with E-state index in [0.717, 1.165) is 15.1 Å². The summed E-state index contributed by atoms with van der Waals surface area (Å²) in [6, 6.07) is 13.8. The van der Waals surface area contributed by atoms with Crippen LogP contribution in [0.5, 0.6) is 0 Å². The molecule has 9 nitrogen and oxygen atoms in total. The van der Waals surface area contributed by atoms with Crippen LogP contribution in [0.2, 0.25) is 0 Å². The molecule has 0 bridgehead atoms. The number of thiazole rings is 1. The minimum Gasteiger partial charge on any atom is -0.375 e. The van der Waals surface area contributed by atoms with Gasteiger partial charge in [-0.3, -0.25) is 9.78 Å². The third kappa shape index (κ3) is 3.82. The minimum absolute atomic E-state index is 0.152. The summed E-state index contributed by atoms with van der Waals surface area (Å²) in [5.41, 5.74) is 2.48. The predicted octanol–water partition coefficient (Wildman–Crippen LogP) is 3.82. The number of nitrogens with zero attached hydrogens (tertiary/aromatic N) is 5. The molecule has 11 heteroatoms. The first-order chi connectivity index (χ1) is 18.2. The van der Waals surface area contributed by atoms with Gasteiger partial charge >= 0.3 is 0 Å². The van der Waals surface area contributed by atoms with E-state index < -0.39 is 15.6 Å². The molecular weight excluding hydrogens is 522 g/mol. The summed E-state index contributed by atoms with van der Waals surface area (Å²) in [5, 5.41) is 13.5. The zero-order valence-corrected chi connectivity index (χ0v) is 22.2.